The van der Waals surface area contributed by atoms with Crippen molar-refractivity contribution in [3.8, 4) is 0 Å². The molecule has 3 rings (SSSR count). The lowest BCUT2D eigenvalue weighted by Gasteiger charge is -2.35. The van der Waals surface area contributed by atoms with Crippen molar-refractivity contribution in [2.45, 2.75) is 25.3 Å². The van der Waals surface area contributed by atoms with Crippen LogP contribution in [0.5, 0.6) is 0 Å². The molecule has 9 heteroatoms. The number of carbonyl (C=O) groups excluding carboxylic acids is 3. The van der Waals surface area contributed by atoms with E-state index in [1.165, 1.54) is 11.3 Å². The van der Waals surface area contributed by atoms with Crippen LogP contribution in [0.1, 0.15) is 29.6 Å². The molecule has 2 heterocycles. The standard InChI is InChI=1S/C20H25N5O3S/c21-18(27)16-9-11-29-19(16)24-17(26)13-25-10-5-4-8-15(25)12-22-20(28)23-14-6-2-1-3-7-14/h1-3,6-7,9,11,15H,4-5,8,10,12-13H2,(H2,21,27)(H,24,26)(H2,22,23,28)/t15-/m1/s1. The first-order valence-corrected chi connectivity index (χ1v) is 10.4. The first-order valence-electron chi connectivity index (χ1n) is 9.54. The summed E-state index contributed by atoms with van der Waals surface area (Å²) >= 11 is 1.27. The van der Waals surface area contributed by atoms with E-state index in [9.17, 15) is 14.4 Å². The lowest BCUT2D eigenvalue weighted by Crippen LogP contribution is -2.49. The molecular formula is C20H25N5O3S. The number of hydrogen-bond acceptors (Lipinski definition) is 5. The highest BCUT2D eigenvalue weighted by atomic mass is 32.1. The van der Waals surface area contributed by atoms with Crippen molar-refractivity contribution in [2.24, 2.45) is 5.73 Å². The molecule has 4 amide bonds. The van der Waals surface area contributed by atoms with Crippen molar-refractivity contribution in [3.05, 3.63) is 47.3 Å². The molecule has 1 aliphatic rings. The van der Waals surface area contributed by atoms with Crippen LogP contribution in [0.15, 0.2) is 41.8 Å². The van der Waals surface area contributed by atoms with Gasteiger partial charge in [0.2, 0.25) is 5.91 Å². The maximum atomic E-state index is 12.5. The predicted octanol–water partition coefficient (Wildman–Crippen LogP) is 2.46. The summed E-state index contributed by atoms with van der Waals surface area (Å²) in [5.41, 5.74) is 6.37. The summed E-state index contributed by atoms with van der Waals surface area (Å²) in [6, 6.07) is 10.6. The van der Waals surface area contributed by atoms with E-state index in [1.807, 2.05) is 30.3 Å². The van der Waals surface area contributed by atoms with Crippen molar-refractivity contribution in [1.82, 2.24) is 10.2 Å². The molecule has 1 atom stereocenters. The number of piperidine rings is 1. The molecule has 1 saturated heterocycles. The number of nitrogens with one attached hydrogen (secondary N) is 3. The second-order valence-corrected chi connectivity index (χ2v) is 7.81. The maximum Gasteiger partial charge on any atom is 0.319 e. The fourth-order valence-corrected chi connectivity index (χ4v) is 4.17. The molecule has 0 aliphatic carbocycles. The molecule has 29 heavy (non-hydrogen) atoms. The van der Waals surface area contributed by atoms with Crippen LogP contribution in [0.3, 0.4) is 0 Å². The number of rotatable bonds is 7. The minimum absolute atomic E-state index is 0.0787. The highest BCUT2D eigenvalue weighted by molar-refractivity contribution is 7.14. The molecule has 8 nitrogen and oxygen atoms in total. The Labute approximate surface area is 173 Å². The smallest absolute Gasteiger partial charge is 0.319 e. The van der Waals surface area contributed by atoms with Crippen LogP contribution in [0.2, 0.25) is 0 Å². The fraction of sp³-hybridized carbons (Fsp3) is 0.350. The normalized spacial score (nSPS) is 16.8. The van der Waals surface area contributed by atoms with Gasteiger partial charge in [-0.1, -0.05) is 24.6 Å². The number of likely N-dealkylation sites (tertiary alicyclic amines) is 1. The number of benzene rings is 1. The third-order valence-electron chi connectivity index (χ3n) is 4.81. The van der Waals surface area contributed by atoms with E-state index < -0.39 is 5.91 Å². The van der Waals surface area contributed by atoms with Gasteiger partial charge in [0.25, 0.3) is 5.91 Å². The topological polar surface area (TPSA) is 117 Å². The Balaban J connectivity index is 1.51. The molecule has 0 radical (unpaired) electrons. The van der Waals surface area contributed by atoms with E-state index in [4.69, 9.17) is 5.73 Å². The number of hydrogen-bond donors (Lipinski definition) is 4. The second kappa shape index (κ2) is 10.0. The van der Waals surface area contributed by atoms with Crippen LogP contribution in [0.25, 0.3) is 0 Å². The number of nitrogens with two attached hydrogens (primary N) is 1. The molecule has 0 unspecified atom stereocenters. The van der Waals surface area contributed by atoms with Crippen LogP contribution < -0.4 is 21.7 Å². The molecule has 154 valence electrons. The van der Waals surface area contributed by atoms with Gasteiger partial charge in [-0.25, -0.2) is 4.79 Å². The van der Waals surface area contributed by atoms with E-state index in [1.54, 1.807) is 11.4 Å². The SMILES string of the molecule is NC(=O)c1ccsc1NC(=O)CN1CCCC[C@@H]1CNC(=O)Nc1ccccc1. The minimum Gasteiger partial charge on any atom is -0.366 e. The number of amides is 4. The minimum atomic E-state index is -0.564. The molecule has 0 saturated carbocycles. The molecule has 5 N–H and O–H groups in total. The van der Waals surface area contributed by atoms with Crippen LogP contribution in [0.4, 0.5) is 15.5 Å². The largest absolute Gasteiger partial charge is 0.366 e. The predicted molar refractivity (Wildman–Crippen MR) is 114 cm³/mol. The zero-order valence-electron chi connectivity index (χ0n) is 16.0. The van der Waals surface area contributed by atoms with Crippen molar-refractivity contribution in [3.63, 3.8) is 0 Å². The Hall–Kier alpha value is -2.91. The molecule has 1 aliphatic heterocycles. The van der Waals surface area contributed by atoms with Crippen LogP contribution in [-0.2, 0) is 4.79 Å². The summed E-state index contributed by atoms with van der Waals surface area (Å²) in [4.78, 5) is 38.1. The number of nitrogens with zero attached hydrogens (tertiary/aromatic N) is 1. The lowest BCUT2D eigenvalue weighted by atomic mass is 10.0. The molecule has 0 spiro atoms. The van der Waals surface area contributed by atoms with Crippen molar-refractivity contribution < 1.29 is 14.4 Å². The number of thiophene rings is 1. The average molecular weight is 416 g/mol. The summed E-state index contributed by atoms with van der Waals surface area (Å²) in [7, 11) is 0. The average Bonchev–Trinajstić information content (AvgIpc) is 3.16. The number of carbonyl (C=O) groups is 3. The summed E-state index contributed by atoms with van der Waals surface area (Å²) in [6.07, 6.45) is 2.97. The van der Waals surface area contributed by atoms with Gasteiger partial charge in [-0.05, 0) is 43.0 Å². The van der Waals surface area contributed by atoms with E-state index in [-0.39, 0.29) is 24.5 Å². The Morgan fingerprint density at radius 2 is 1.90 bits per heavy atom. The van der Waals surface area contributed by atoms with Crippen LogP contribution >= 0.6 is 11.3 Å². The Bertz CT molecular complexity index is 855. The summed E-state index contributed by atoms with van der Waals surface area (Å²) in [5, 5.41) is 10.6. The molecule has 0 bridgehead atoms. The van der Waals surface area contributed by atoms with Gasteiger partial charge in [0.1, 0.15) is 5.00 Å². The van der Waals surface area contributed by atoms with Gasteiger partial charge in [-0.2, -0.15) is 0 Å². The highest BCUT2D eigenvalue weighted by Crippen LogP contribution is 2.23. The number of para-hydroxylation sites is 1. The van der Waals surface area contributed by atoms with Gasteiger partial charge < -0.3 is 21.7 Å². The van der Waals surface area contributed by atoms with Gasteiger partial charge in [0.05, 0.1) is 12.1 Å². The number of primary amides is 1. The summed E-state index contributed by atoms with van der Waals surface area (Å²) < 4.78 is 0. The fourth-order valence-electron chi connectivity index (χ4n) is 3.36. The second-order valence-electron chi connectivity index (χ2n) is 6.90. The first kappa shape index (κ1) is 20.8. The molecule has 1 aromatic heterocycles. The summed E-state index contributed by atoms with van der Waals surface area (Å²) in [5.74, 6) is -0.762. The molecule has 1 aromatic carbocycles. The zero-order valence-corrected chi connectivity index (χ0v) is 16.8. The maximum absolute atomic E-state index is 12.5. The number of anilines is 2. The lowest BCUT2D eigenvalue weighted by molar-refractivity contribution is -0.118. The van der Waals surface area contributed by atoms with Gasteiger partial charge in [-0.15, -0.1) is 11.3 Å². The Morgan fingerprint density at radius 1 is 1.10 bits per heavy atom. The van der Waals surface area contributed by atoms with Gasteiger partial charge in [-0.3, -0.25) is 14.5 Å². The van der Waals surface area contributed by atoms with Crippen molar-refractivity contribution in [2.75, 3.05) is 30.3 Å². The van der Waals surface area contributed by atoms with Gasteiger partial charge in [0.15, 0.2) is 0 Å². The van der Waals surface area contributed by atoms with Crippen LogP contribution in [-0.4, -0.2) is 48.4 Å². The Kier molecular flexibility index (Phi) is 7.20. The van der Waals surface area contributed by atoms with E-state index in [0.29, 0.717) is 17.1 Å². The van der Waals surface area contributed by atoms with E-state index >= 15 is 0 Å². The Morgan fingerprint density at radius 3 is 2.66 bits per heavy atom. The van der Waals surface area contributed by atoms with Crippen LogP contribution in [0, 0.1) is 0 Å². The van der Waals surface area contributed by atoms with E-state index in [0.717, 1.165) is 31.5 Å². The zero-order chi connectivity index (χ0) is 20.6. The molecule has 2 aromatic rings. The third-order valence-corrected chi connectivity index (χ3v) is 5.64. The van der Waals surface area contributed by atoms with Gasteiger partial charge >= 0.3 is 6.03 Å². The first-order chi connectivity index (χ1) is 14.0. The van der Waals surface area contributed by atoms with Crippen molar-refractivity contribution >= 4 is 39.9 Å². The summed E-state index contributed by atoms with van der Waals surface area (Å²) in [6.45, 7) is 1.44. The highest BCUT2D eigenvalue weighted by Gasteiger charge is 2.25. The van der Waals surface area contributed by atoms with E-state index in [2.05, 4.69) is 20.9 Å². The van der Waals surface area contributed by atoms with Gasteiger partial charge in [0, 0.05) is 18.3 Å². The number of urea groups is 1. The molecule has 1 fully saturated rings. The third kappa shape index (κ3) is 6.03. The quantitative estimate of drug-likeness (QED) is 0.556. The molecular weight excluding hydrogens is 390 g/mol. The van der Waals surface area contributed by atoms with Crippen molar-refractivity contribution in [1.29, 1.82) is 0 Å². The monoisotopic (exact) mass is 415 g/mol.